The van der Waals surface area contributed by atoms with E-state index in [0.29, 0.717) is 27.9 Å². The zero-order valence-electron chi connectivity index (χ0n) is 11.4. The third-order valence-electron chi connectivity index (χ3n) is 3.28. The second-order valence-corrected chi connectivity index (χ2v) is 6.29. The maximum Gasteiger partial charge on any atom is 0.152 e. The maximum atomic E-state index is 13.8. The minimum absolute atomic E-state index is 0.299. The topological polar surface area (TPSA) is 48.5 Å². The molecular formula is C13H12BrClFN5. The number of aromatic nitrogens is 5. The molecule has 110 valence electrons. The van der Waals surface area contributed by atoms with Crippen molar-refractivity contribution in [2.24, 2.45) is 7.05 Å². The second kappa shape index (κ2) is 5.38. The van der Waals surface area contributed by atoms with Crippen molar-refractivity contribution in [3.63, 3.8) is 0 Å². The molecule has 8 heteroatoms. The van der Waals surface area contributed by atoms with Gasteiger partial charge in [-0.05, 0) is 28.9 Å². The van der Waals surface area contributed by atoms with Gasteiger partial charge in [0.1, 0.15) is 18.0 Å². The standard InChI is InChI=1S/C13H12BrClFN5/c1-7(15)13-18-10-3-8(14)9(16)4-11(10)21(13)5-12-19-17-6-20(12)2/h3-4,6-7H,5H2,1-2H3. The van der Waals surface area contributed by atoms with Gasteiger partial charge in [-0.25, -0.2) is 9.37 Å². The molecule has 0 bridgehead atoms. The Bertz CT molecular complexity index is 810. The first-order chi connectivity index (χ1) is 9.97. The van der Waals surface area contributed by atoms with Crippen molar-refractivity contribution in [3.8, 4) is 0 Å². The van der Waals surface area contributed by atoms with Gasteiger partial charge in [-0.1, -0.05) is 0 Å². The predicted molar refractivity (Wildman–Crippen MR) is 81.8 cm³/mol. The molecule has 0 spiro atoms. The number of imidazole rings is 1. The Hall–Kier alpha value is -1.47. The summed E-state index contributed by atoms with van der Waals surface area (Å²) in [5.41, 5.74) is 1.37. The first-order valence-corrected chi connectivity index (χ1v) is 7.52. The predicted octanol–water partition coefficient (Wildman–Crippen LogP) is 3.41. The molecule has 0 aliphatic carbocycles. The minimum atomic E-state index is -0.338. The zero-order chi connectivity index (χ0) is 15.1. The lowest BCUT2D eigenvalue weighted by Gasteiger charge is -2.10. The van der Waals surface area contributed by atoms with Crippen LogP contribution >= 0.6 is 27.5 Å². The van der Waals surface area contributed by atoms with Crippen molar-refractivity contribution in [3.05, 3.63) is 40.4 Å². The fraction of sp³-hybridized carbons (Fsp3) is 0.308. The van der Waals surface area contributed by atoms with E-state index in [-0.39, 0.29) is 11.2 Å². The summed E-state index contributed by atoms with van der Waals surface area (Å²) in [6.07, 6.45) is 1.62. The van der Waals surface area contributed by atoms with Crippen LogP contribution in [0.25, 0.3) is 11.0 Å². The van der Waals surface area contributed by atoms with Crippen molar-refractivity contribution < 1.29 is 4.39 Å². The van der Waals surface area contributed by atoms with Crippen molar-refractivity contribution in [1.29, 1.82) is 0 Å². The van der Waals surface area contributed by atoms with Crippen LogP contribution in [0.15, 0.2) is 22.9 Å². The lowest BCUT2D eigenvalue weighted by atomic mass is 10.3. The summed E-state index contributed by atoms with van der Waals surface area (Å²) in [5, 5.41) is 7.61. The van der Waals surface area contributed by atoms with E-state index >= 15 is 0 Å². The number of aryl methyl sites for hydroxylation is 1. The average molecular weight is 373 g/mol. The summed E-state index contributed by atoms with van der Waals surface area (Å²) in [7, 11) is 1.86. The minimum Gasteiger partial charge on any atom is -0.319 e. The number of halogens is 3. The van der Waals surface area contributed by atoms with E-state index in [9.17, 15) is 4.39 Å². The summed E-state index contributed by atoms with van der Waals surface area (Å²) >= 11 is 9.38. The van der Waals surface area contributed by atoms with Crippen LogP contribution in [0.4, 0.5) is 4.39 Å². The van der Waals surface area contributed by atoms with E-state index < -0.39 is 0 Å². The summed E-state index contributed by atoms with van der Waals surface area (Å²) in [5.74, 6) is 1.08. The molecule has 0 radical (unpaired) electrons. The Morgan fingerprint density at radius 2 is 2.19 bits per heavy atom. The smallest absolute Gasteiger partial charge is 0.152 e. The molecule has 3 rings (SSSR count). The second-order valence-electron chi connectivity index (χ2n) is 4.79. The van der Waals surface area contributed by atoms with Gasteiger partial charge in [0.05, 0.1) is 27.4 Å². The van der Waals surface area contributed by atoms with E-state index in [1.54, 1.807) is 12.4 Å². The van der Waals surface area contributed by atoms with E-state index in [0.717, 1.165) is 5.82 Å². The van der Waals surface area contributed by atoms with Gasteiger partial charge in [0.15, 0.2) is 5.82 Å². The fourth-order valence-corrected chi connectivity index (χ4v) is 2.70. The van der Waals surface area contributed by atoms with E-state index in [2.05, 4.69) is 31.1 Å². The van der Waals surface area contributed by atoms with Gasteiger partial charge >= 0.3 is 0 Å². The van der Waals surface area contributed by atoms with E-state index in [4.69, 9.17) is 11.6 Å². The highest BCUT2D eigenvalue weighted by Crippen LogP contribution is 2.28. The number of hydrogen-bond donors (Lipinski definition) is 0. The van der Waals surface area contributed by atoms with Gasteiger partial charge in [0.2, 0.25) is 0 Å². The third kappa shape index (κ3) is 2.55. The van der Waals surface area contributed by atoms with Crippen molar-refractivity contribution >= 4 is 38.6 Å². The Morgan fingerprint density at radius 1 is 1.43 bits per heavy atom. The van der Waals surface area contributed by atoms with E-state index in [1.165, 1.54) is 6.07 Å². The largest absolute Gasteiger partial charge is 0.319 e. The number of rotatable bonds is 3. The molecule has 21 heavy (non-hydrogen) atoms. The molecule has 0 saturated carbocycles. The third-order valence-corrected chi connectivity index (χ3v) is 4.08. The van der Waals surface area contributed by atoms with Crippen LogP contribution in [0.1, 0.15) is 23.9 Å². The van der Waals surface area contributed by atoms with Crippen molar-refractivity contribution in [2.45, 2.75) is 18.8 Å². The van der Waals surface area contributed by atoms with Gasteiger partial charge in [-0.3, -0.25) is 0 Å². The lowest BCUT2D eigenvalue weighted by Crippen LogP contribution is -2.09. The maximum absolute atomic E-state index is 13.8. The first kappa shape index (κ1) is 14.5. The molecule has 0 saturated heterocycles. The molecule has 0 fully saturated rings. The molecule has 3 aromatic rings. The van der Waals surface area contributed by atoms with Crippen LogP contribution in [0.5, 0.6) is 0 Å². The van der Waals surface area contributed by atoms with Crippen LogP contribution < -0.4 is 0 Å². The highest BCUT2D eigenvalue weighted by atomic mass is 79.9. The lowest BCUT2D eigenvalue weighted by molar-refractivity contribution is 0.620. The summed E-state index contributed by atoms with van der Waals surface area (Å²) in [4.78, 5) is 4.50. The average Bonchev–Trinajstić information content (AvgIpc) is 2.97. The molecule has 0 aliphatic heterocycles. The van der Waals surface area contributed by atoms with Crippen LogP contribution in [-0.2, 0) is 13.6 Å². The molecule has 5 nitrogen and oxygen atoms in total. The van der Waals surface area contributed by atoms with E-state index in [1.807, 2.05) is 23.1 Å². The molecule has 2 heterocycles. The molecular weight excluding hydrogens is 361 g/mol. The van der Waals surface area contributed by atoms with Crippen LogP contribution in [0.2, 0.25) is 0 Å². The molecule has 0 N–H and O–H groups in total. The van der Waals surface area contributed by atoms with Gasteiger partial charge in [0, 0.05) is 13.1 Å². The van der Waals surface area contributed by atoms with Gasteiger partial charge in [0.25, 0.3) is 0 Å². The Morgan fingerprint density at radius 3 is 2.81 bits per heavy atom. The molecule has 0 aliphatic rings. The van der Waals surface area contributed by atoms with Crippen molar-refractivity contribution in [2.75, 3.05) is 0 Å². The number of alkyl halides is 1. The number of hydrogen-bond acceptors (Lipinski definition) is 3. The van der Waals surface area contributed by atoms with Gasteiger partial charge in [-0.15, -0.1) is 21.8 Å². The van der Waals surface area contributed by atoms with Crippen LogP contribution in [0, 0.1) is 5.82 Å². The Kier molecular flexibility index (Phi) is 3.71. The first-order valence-electron chi connectivity index (χ1n) is 6.29. The molecule has 2 aromatic heterocycles. The highest BCUT2D eigenvalue weighted by molar-refractivity contribution is 9.10. The highest BCUT2D eigenvalue weighted by Gasteiger charge is 2.18. The molecule has 1 aromatic carbocycles. The van der Waals surface area contributed by atoms with Crippen LogP contribution in [-0.4, -0.2) is 24.3 Å². The quantitative estimate of drug-likeness (QED) is 0.662. The van der Waals surface area contributed by atoms with Crippen LogP contribution in [0.3, 0.4) is 0 Å². The molecule has 0 amide bonds. The Balaban J connectivity index is 2.20. The summed E-state index contributed by atoms with van der Waals surface area (Å²) in [6, 6.07) is 3.10. The Labute approximate surface area is 133 Å². The monoisotopic (exact) mass is 371 g/mol. The van der Waals surface area contributed by atoms with Crippen molar-refractivity contribution in [1.82, 2.24) is 24.3 Å². The number of nitrogens with zero attached hydrogens (tertiary/aromatic N) is 5. The molecule has 1 unspecified atom stereocenters. The van der Waals surface area contributed by atoms with Gasteiger partial charge < -0.3 is 9.13 Å². The summed E-state index contributed by atoms with van der Waals surface area (Å²) in [6.45, 7) is 2.27. The summed E-state index contributed by atoms with van der Waals surface area (Å²) < 4.78 is 17.9. The zero-order valence-corrected chi connectivity index (χ0v) is 13.7. The van der Waals surface area contributed by atoms with Gasteiger partial charge in [-0.2, -0.15) is 0 Å². The fourth-order valence-electron chi connectivity index (χ4n) is 2.20. The molecule has 1 atom stereocenters. The SMILES string of the molecule is CC(Cl)c1nc2cc(Br)c(F)cc2n1Cc1nncn1C. The number of fused-ring (bicyclic) bond motifs is 1. The normalized spacial score (nSPS) is 13.0. The number of benzene rings is 1.